The van der Waals surface area contributed by atoms with Crippen molar-refractivity contribution < 1.29 is 9.47 Å². The Balaban J connectivity index is 1.71. The van der Waals surface area contributed by atoms with E-state index in [1.807, 2.05) is 0 Å². The highest BCUT2D eigenvalue weighted by Gasteiger charge is 2.21. The Kier molecular flexibility index (Phi) is 2.41. The second-order valence-corrected chi connectivity index (χ2v) is 3.29. The maximum Gasteiger partial charge on any atom is 0.147 e. The number of ether oxygens (including phenoxy) is 2. The summed E-state index contributed by atoms with van der Waals surface area (Å²) < 4.78 is 10.5. The molecule has 2 aliphatic heterocycles. The molecule has 0 amide bonds. The van der Waals surface area contributed by atoms with Gasteiger partial charge in [0.05, 0.1) is 12.7 Å². The number of hydrogen-bond acceptors (Lipinski definition) is 3. The second-order valence-electron chi connectivity index (χ2n) is 3.29. The lowest BCUT2D eigenvalue weighted by atomic mass is 10.3. The quantitative estimate of drug-likeness (QED) is 0.581. The predicted molar refractivity (Wildman–Crippen MR) is 41.4 cm³/mol. The van der Waals surface area contributed by atoms with E-state index in [1.165, 1.54) is 25.9 Å². The van der Waals surface area contributed by atoms with E-state index < -0.39 is 0 Å². The monoisotopic (exact) mass is 157 g/mol. The largest absolute Gasteiger partial charge is 0.353 e. The average molecular weight is 157 g/mol. The fourth-order valence-electron chi connectivity index (χ4n) is 1.73. The van der Waals surface area contributed by atoms with Crippen LogP contribution in [0.4, 0.5) is 0 Å². The molecule has 1 atom stereocenters. The molecule has 0 aromatic rings. The van der Waals surface area contributed by atoms with Crippen LogP contribution in [0, 0.1) is 0 Å². The van der Waals surface area contributed by atoms with Gasteiger partial charge in [0.25, 0.3) is 0 Å². The summed E-state index contributed by atoms with van der Waals surface area (Å²) in [5.41, 5.74) is 0. The van der Waals surface area contributed by atoms with Crippen molar-refractivity contribution in [3.8, 4) is 0 Å². The van der Waals surface area contributed by atoms with Gasteiger partial charge in [0.1, 0.15) is 6.79 Å². The summed E-state index contributed by atoms with van der Waals surface area (Å²) in [5.74, 6) is 0. The van der Waals surface area contributed by atoms with Gasteiger partial charge in [-0.1, -0.05) is 0 Å². The van der Waals surface area contributed by atoms with Crippen molar-refractivity contribution >= 4 is 0 Å². The molecular weight excluding hydrogens is 142 g/mol. The third kappa shape index (κ3) is 1.92. The van der Waals surface area contributed by atoms with Crippen LogP contribution in [0.25, 0.3) is 0 Å². The predicted octanol–water partition coefficient (Wildman–Crippen LogP) is 0.455. The summed E-state index contributed by atoms with van der Waals surface area (Å²) in [7, 11) is 0. The molecule has 2 heterocycles. The Morgan fingerprint density at radius 1 is 1.27 bits per heavy atom. The van der Waals surface area contributed by atoms with Crippen LogP contribution in [0.15, 0.2) is 0 Å². The normalized spacial score (nSPS) is 33.3. The van der Waals surface area contributed by atoms with E-state index in [0.717, 1.165) is 13.2 Å². The van der Waals surface area contributed by atoms with Crippen molar-refractivity contribution in [2.24, 2.45) is 0 Å². The van der Waals surface area contributed by atoms with E-state index in [4.69, 9.17) is 9.47 Å². The van der Waals surface area contributed by atoms with Gasteiger partial charge >= 0.3 is 0 Å². The van der Waals surface area contributed by atoms with Gasteiger partial charge in [-0.25, -0.2) is 0 Å². The summed E-state index contributed by atoms with van der Waals surface area (Å²) in [6.07, 6.45) is 3.05. The molecule has 1 unspecified atom stereocenters. The first-order valence-corrected chi connectivity index (χ1v) is 4.37. The molecule has 0 N–H and O–H groups in total. The van der Waals surface area contributed by atoms with Gasteiger partial charge in [-0.05, 0) is 25.9 Å². The molecule has 0 aliphatic carbocycles. The fourth-order valence-corrected chi connectivity index (χ4v) is 1.73. The molecular formula is C8H15NO2. The van der Waals surface area contributed by atoms with Gasteiger partial charge in [-0.15, -0.1) is 0 Å². The van der Waals surface area contributed by atoms with Gasteiger partial charge in [-0.2, -0.15) is 0 Å². The summed E-state index contributed by atoms with van der Waals surface area (Å²) in [5, 5.41) is 0. The molecule has 3 heteroatoms. The van der Waals surface area contributed by atoms with Crippen molar-refractivity contribution in [3.63, 3.8) is 0 Å². The van der Waals surface area contributed by atoms with Crippen LogP contribution in [0.3, 0.4) is 0 Å². The highest BCUT2D eigenvalue weighted by atomic mass is 16.7. The molecule has 0 aromatic carbocycles. The van der Waals surface area contributed by atoms with Crippen LogP contribution in [0.2, 0.25) is 0 Å². The summed E-state index contributed by atoms with van der Waals surface area (Å²) in [4.78, 5) is 2.46. The van der Waals surface area contributed by atoms with Crippen molar-refractivity contribution in [2.45, 2.75) is 18.9 Å². The molecule has 0 saturated carbocycles. The van der Waals surface area contributed by atoms with E-state index in [0.29, 0.717) is 12.9 Å². The van der Waals surface area contributed by atoms with Gasteiger partial charge in [0.2, 0.25) is 0 Å². The van der Waals surface area contributed by atoms with Crippen LogP contribution < -0.4 is 0 Å². The minimum atomic E-state index is 0.341. The van der Waals surface area contributed by atoms with Crippen LogP contribution >= 0.6 is 0 Å². The molecule has 2 rings (SSSR count). The molecule has 11 heavy (non-hydrogen) atoms. The SMILES string of the molecule is C1CCN(CC2COCO2)C1. The zero-order chi connectivity index (χ0) is 7.52. The molecule has 0 aromatic heterocycles. The molecule has 64 valence electrons. The molecule has 0 spiro atoms. The third-order valence-corrected chi connectivity index (χ3v) is 2.35. The number of nitrogens with zero attached hydrogens (tertiary/aromatic N) is 1. The average Bonchev–Trinajstić information content (AvgIpc) is 2.60. The zero-order valence-electron chi connectivity index (χ0n) is 6.79. The maximum atomic E-state index is 5.35. The smallest absolute Gasteiger partial charge is 0.147 e. The highest BCUT2D eigenvalue weighted by molar-refractivity contribution is 4.71. The molecule has 0 bridgehead atoms. The van der Waals surface area contributed by atoms with E-state index in [2.05, 4.69) is 4.90 Å². The maximum absolute atomic E-state index is 5.35. The molecule has 2 aliphatic rings. The van der Waals surface area contributed by atoms with Crippen molar-refractivity contribution in [3.05, 3.63) is 0 Å². The summed E-state index contributed by atoms with van der Waals surface area (Å²) in [6.45, 7) is 4.86. The Bertz CT molecular complexity index is 103. The first-order chi connectivity index (χ1) is 5.45. The number of rotatable bonds is 2. The lowest BCUT2D eigenvalue weighted by Gasteiger charge is -2.17. The van der Waals surface area contributed by atoms with Crippen LogP contribution in [0.1, 0.15) is 12.8 Å². The van der Waals surface area contributed by atoms with Gasteiger partial charge < -0.3 is 14.4 Å². The molecule has 2 saturated heterocycles. The Hall–Kier alpha value is -0.120. The summed E-state index contributed by atoms with van der Waals surface area (Å²) in [6, 6.07) is 0. The zero-order valence-corrected chi connectivity index (χ0v) is 6.79. The first-order valence-electron chi connectivity index (χ1n) is 4.37. The van der Waals surface area contributed by atoms with E-state index in [1.54, 1.807) is 0 Å². The Labute approximate surface area is 67.3 Å². The molecule has 0 radical (unpaired) electrons. The Morgan fingerprint density at radius 3 is 2.73 bits per heavy atom. The van der Waals surface area contributed by atoms with Crippen LogP contribution in [-0.4, -0.2) is 44.0 Å². The van der Waals surface area contributed by atoms with Gasteiger partial charge in [0.15, 0.2) is 0 Å². The minimum Gasteiger partial charge on any atom is -0.353 e. The van der Waals surface area contributed by atoms with Crippen molar-refractivity contribution in [1.82, 2.24) is 4.90 Å². The first kappa shape index (κ1) is 7.53. The standard InChI is InChI=1S/C8H15NO2/c1-2-4-9(3-1)5-8-6-10-7-11-8/h8H,1-7H2. The van der Waals surface area contributed by atoms with Gasteiger partial charge in [-0.3, -0.25) is 0 Å². The highest BCUT2D eigenvalue weighted by Crippen LogP contribution is 2.11. The second kappa shape index (κ2) is 3.52. The van der Waals surface area contributed by atoms with Crippen LogP contribution in [-0.2, 0) is 9.47 Å². The molecule has 2 fully saturated rings. The van der Waals surface area contributed by atoms with Gasteiger partial charge in [0, 0.05) is 6.54 Å². The van der Waals surface area contributed by atoms with E-state index >= 15 is 0 Å². The van der Waals surface area contributed by atoms with E-state index in [9.17, 15) is 0 Å². The minimum absolute atomic E-state index is 0.341. The van der Waals surface area contributed by atoms with Crippen LogP contribution in [0.5, 0.6) is 0 Å². The molecule has 3 nitrogen and oxygen atoms in total. The van der Waals surface area contributed by atoms with Crippen molar-refractivity contribution in [2.75, 3.05) is 33.0 Å². The lowest BCUT2D eigenvalue weighted by molar-refractivity contribution is 0.0375. The number of likely N-dealkylation sites (tertiary alicyclic amines) is 1. The Morgan fingerprint density at radius 2 is 2.09 bits per heavy atom. The topological polar surface area (TPSA) is 21.7 Å². The van der Waals surface area contributed by atoms with Crippen molar-refractivity contribution in [1.29, 1.82) is 0 Å². The third-order valence-electron chi connectivity index (χ3n) is 2.35. The lowest BCUT2D eigenvalue weighted by Crippen LogP contribution is -2.31. The fraction of sp³-hybridized carbons (Fsp3) is 1.00. The number of hydrogen-bond donors (Lipinski definition) is 0. The van der Waals surface area contributed by atoms with E-state index in [-0.39, 0.29) is 0 Å². The summed E-state index contributed by atoms with van der Waals surface area (Å²) >= 11 is 0.